The number of hydrogen-bond donors (Lipinski definition) is 3. The molecule has 0 aromatic heterocycles. The molecule has 1 fully saturated rings. The van der Waals surface area contributed by atoms with Gasteiger partial charge < -0.3 is 15.5 Å². The lowest BCUT2D eigenvalue weighted by Gasteiger charge is -2.29. The van der Waals surface area contributed by atoms with Gasteiger partial charge in [0.1, 0.15) is 6.04 Å². The number of rotatable bonds is 10. The lowest BCUT2D eigenvalue weighted by molar-refractivity contribution is -0.136. The smallest absolute Gasteiger partial charge is 0.255 e. The van der Waals surface area contributed by atoms with Gasteiger partial charge in [-0.25, -0.2) is 0 Å². The predicted molar refractivity (Wildman–Crippen MR) is 137 cm³/mol. The van der Waals surface area contributed by atoms with Crippen molar-refractivity contribution in [3.8, 4) is 0 Å². The Kier molecular flexibility index (Phi) is 7.36. The molecule has 35 heavy (non-hydrogen) atoms. The van der Waals surface area contributed by atoms with Crippen molar-refractivity contribution in [1.29, 1.82) is 0 Å². The maximum atomic E-state index is 13.0. The number of nitrogens with zero attached hydrogens (tertiary/aromatic N) is 1. The fourth-order valence-corrected chi connectivity index (χ4v) is 4.70. The summed E-state index contributed by atoms with van der Waals surface area (Å²) in [6.45, 7) is 10.1. The molecule has 2 aromatic carbocycles. The van der Waals surface area contributed by atoms with Crippen LogP contribution in [0.25, 0.3) is 0 Å². The topological polar surface area (TPSA) is 90.5 Å². The quantitative estimate of drug-likeness (QED) is 0.359. The fraction of sp³-hybridized carbons (Fsp3) is 0.393. The van der Waals surface area contributed by atoms with E-state index in [1.165, 1.54) is 5.56 Å². The van der Waals surface area contributed by atoms with Gasteiger partial charge in [0.25, 0.3) is 5.91 Å². The van der Waals surface area contributed by atoms with Crippen molar-refractivity contribution in [1.82, 2.24) is 15.5 Å². The molecule has 0 aliphatic carbocycles. The molecule has 1 saturated heterocycles. The Morgan fingerprint density at radius 3 is 2.49 bits per heavy atom. The van der Waals surface area contributed by atoms with Crippen LogP contribution >= 0.6 is 0 Å². The van der Waals surface area contributed by atoms with Gasteiger partial charge >= 0.3 is 0 Å². The standard InChI is InChI=1S/C28H34N4O3/c1-4-15-28(3,5-2)30-17-20-11-9-19(10-12-20)16-29-23-8-6-7-21-22(23)18-32(27(21)35)24-13-14-25(33)31-26(24)34/h4,6-12,24,29-30H,1,5,13-18H2,2-3H3,(H,31,33,34). The van der Waals surface area contributed by atoms with Gasteiger partial charge in [0.15, 0.2) is 0 Å². The number of carbonyl (C=O) groups is 3. The molecule has 0 saturated carbocycles. The van der Waals surface area contributed by atoms with E-state index >= 15 is 0 Å². The average Bonchev–Trinajstić information content (AvgIpc) is 3.19. The second kappa shape index (κ2) is 10.4. The number of imide groups is 1. The third kappa shape index (κ3) is 5.46. The number of amides is 3. The van der Waals surface area contributed by atoms with E-state index in [1.807, 2.05) is 18.2 Å². The van der Waals surface area contributed by atoms with E-state index in [4.69, 9.17) is 0 Å². The molecule has 0 radical (unpaired) electrons. The highest BCUT2D eigenvalue weighted by molar-refractivity contribution is 6.06. The van der Waals surface area contributed by atoms with Crippen LogP contribution in [0.1, 0.15) is 66.6 Å². The van der Waals surface area contributed by atoms with Gasteiger partial charge in [-0.05, 0) is 49.4 Å². The molecule has 184 valence electrons. The van der Waals surface area contributed by atoms with Crippen LogP contribution in [-0.2, 0) is 29.2 Å². The Balaban J connectivity index is 1.38. The second-order valence-corrected chi connectivity index (χ2v) is 9.66. The maximum Gasteiger partial charge on any atom is 0.255 e. The Hall–Kier alpha value is -3.45. The number of benzene rings is 2. The van der Waals surface area contributed by atoms with Gasteiger partial charge in [0.05, 0.1) is 0 Å². The molecule has 2 aromatic rings. The zero-order valence-electron chi connectivity index (χ0n) is 20.5. The number of piperidine rings is 1. The zero-order chi connectivity index (χ0) is 25.0. The van der Waals surface area contributed by atoms with Gasteiger partial charge in [-0.2, -0.15) is 0 Å². The van der Waals surface area contributed by atoms with E-state index in [-0.39, 0.29) is 23.8 Å². The fourth-order valence-electron chi connectivity index (χ4n) is 4.70. The number of anilines is 1. The van der Waals surface area contributed by atoms with Crippen molar-refractivity contribution in [3.63, 3.8) is 0 Å². The summed E-state index contributed by atoms with van der Waals surface area (Å²) >= 11 is 0. The molecule has 4 rings (SSSR count). The van der Waals surface area contributed by atoms with Gasteiger partial charge in [-0.15, -0.1) is 6.58 Å². The summed E-state index contributed by atoms with van der Waals surface area (Å²) in [7, 11) is 0. The zero-order valence-corrected chi connectivity index (χ0v) is 20.5. The summed E-state index contributed by atoms with van der Waals surface area (Å²) in [6, 6.07) is 13.5. The number of nitrogens with one attached hydrogen (secondary N) is 3. The van der Waals surface area contributed by atoms with E-state index in [0.29, 0.717) is 25.1 Å². The van der Waals surface area contributed by atoms with E-state index in [1.54, 1.807) is 11.0 Å². The minimum atomic E-state index is -0.609. The van der Waals surface area contributed by atoms with Crippen molar-refractivity contribution >= 4 is 23.4 Å². The molecular weight excluding hydrogens is 440 g/mol. The minimum Gasteiger partial charge on any atom is -0.381 e. The Morgan fingerprint density at radius 2 is 1.83 bits per heavy atom. The Labute approximate surface area is 207 Å². The van der Waals surface area contributed by atoms with E-state index < -0.39 is 11.9 Å². The van der Waals surface area contributed by atoms with Crippen molar-refractivity contribution in [2.45, 2.75) is 70.7 Å². The van der Waals surface area contributed by atoms with Gasteiger partial charge in [-0.1, -0.05) is 43.3 Å². The van der Waals surface area contributed by atoms with Gasteiger partial charge in [0, 0.05) is 48.4 Å². The molecule has 2 heterocycles. The highest BCUT2D eigenvalue weighted by Crippen LogP contribution is 2.32. The van der Waals surface area contributed by atoms with Gasteiger partial charge in [0.2, 0.25) is 11.8 Å². The molecule has 7 nitrogen and oxygen atoms in total. The van der Waals surface area contributed by atoms with E-state index in [0.717, 1.165) is 36.2 Å². The van der Waals surface area contributed by atoms with Crippen LogP contribution in [0.5, 0.6) is 0 Å². The van der Waals surface area contributed by atoms with Crippen molar-refractivity contribution in [3.05, 3.63) is 77.4 Å². The van der Waals surface area contributed by atoms with E-state index in [9.17, 15) is 14.4 Å². The van der Waals surface area contributed by atoms with Gasteiger partial charge in [-0.3, -0.25) is 19.7 Å². The lowest BCUT2D eigenvalue weighted by Crippen LogP contribution is -2.52. The molecule has 3 amide bonds. The molecule has 2 aliphatic rings. The van der Waals surface area contributed by atoms with Crippen LogP contribution in [0.3, 0.4) is 0 Å². The first-order chi connectivity index (χ1) is 16.8. The monoisotopic (exact) mass is 474 g/mol. The van der Waals surface area contributed by atoms with Crippen LogP contribution in [0.4, 0.5) is 5.69 Å². The van der Waals surface area contributed by atoms with Crippen LogP contribution in [-0.4, -0.2) is 34.2 Å². The Morgan fingerprint density at radius 1 is 1.11 bits per heavy atom. The predicted octanol–water partition coefficient (Wildman–Crippen LogP) is 3.89. The molecule has 2 unspecified atom stereocenters. The number of fused-ring (bicyclic) bond motifs is 1. The van der Waals surface area contributed by atoms with Crippen molar-refractivity contribution in [2.24, 2.45) is 0 Å². The summed E-state index contributed by atoms with van der Waals surface area (Å²) in [5, 5.41) is 9.45. The first-order valence-corrected chi connectivity index (χ1v) is 12.3. The molecule has 0 spiro atoms. The highest BCUT2D eigenvalue weighted by Gasteiger charge is 2.39. The summed E-state index contributed by atoms with van der Waals surface area (Å²) in [4.78, 5) is 38.4. The SMILES string of the molecule is C=CCC(C)(CC)NCc1ccc(CNc2cccc3c2CN(C2CCC(=O)NC2=O)C3=O)cc1. The molecular formula is C28H34N4O3. The van der Waals surface area contributed by atoms with Crippen LogP contribution in [0.2, 0.25) is 0 Å². The second-order valence-electron chi connectivity index (χ2n) is 9.66. The molecule has 2 aliphatic heterocycles. The molecule has 2 atom stereocenters. The largest absolute Gasteiger partial charge is 0.381 e. The summed E-state index contributed by atoms with van der Waals surface area (Å²) < 4.78 is 0. The minimum absolute atomic E-state index is 0.0504. The summed E-state index contributed by atoms with van der Waals surface area (Å²) in [5.74, 6) is -0.837. The first-order valence-electron chi connectivity index (χ1n) is 12.3. The molecule has 0 bridgehead atoms. The summed E-state index contributed by atoms with van der Waals surface area (Å²) in [5.41, 5.74) is 4.81. The first kappa shape index (κ1) is 24.7. The maximum absolute atomic E-state index is 13.0. The highest BCUT2D eigenvalue weighted by atomic mass is 16.2. The Bertz CT molecular complexity index is 1130. The normalized spacial score (nSPS) is 19.2. The number of hydrogen-bond acceptors (Lipinski definition) is 5. The molecule has 7 heteroatoms. The van der Waals surface area contributed by atoms with Crippen LogP contribution in [0.15, 0.2) is 55.1 Å². The summed E-state index contributed by atoms with van der Waals surface area (Å²) in [6.07, 6.45) is 4.53. The number of carbonyl (C=O) groups excluding carboxylic acids is 3. The van der Waals surface area contributed by atoms with E-state index in [2.05, 4.69) is 60.6 Å². The third-order valence-electron chi connectivity index (χ3n) is 7.18. The van der Waals surface area contributed by atoms with Crippen LogP contribution in [0, 0.1) is 0 Å². The van der Waals surface area contributed by atoms with Crippen molar-refractivity contribution < 1.29 is 14.4 Å². The van der Waals surface area contributed by atoms with Crippen molar-refractivity contribution in [2.75, 3.05) is 5.32 Å². The van der Waals surface area contributed by atoms with Crippen LogP contribution < -0.4 is 16.0 Å². The third-order valence-corrected chi connectivity index (χ3v) is 7.18. The molecule has 3 N–H and O–H groups in total. The average molecular weight is 475 g/mol. The lowest BCUT2D eigenvalue weighted by atomic mass is 9.94.